The van der Waals surface area contributed by atoms with Gasteiger partial charge >= 0.3 is 0 Å². The predicted molar refractivity (Wildman–Crippen MR) is 70.8 cm³/mol. The number of thioether (sulfide) groups is 1. The van der Waals surface area contributed by atoms with Crippen molar-refractivity contribution in [3.63, 3.8) is 0 Å². The summed E-state index contributed by atoms with van der Waals surface area (Å²) in [4.78, 5) is 0. The van der Waals surface area contributed by atoms with Crippen LogP contribution in [-0.4, -0.2) is 9.59 Å². The lowest BCUT2D eigenvalue weighted by Crippen LogP contribution is -1.90. The standard InChI is InChI=1S/C10H10ClN3S2/c11-8-4-2-1-3-7(8)5-15-6-9-10(12)16-14-13-9/h1-4H,5-6,12H2. The van der Waals surface area contributed by atoms with Crippen LogP contribution in [0.4, 0.5) is 5.00 Å². The summed E-state index contributed by atoms with van der Waals surface area (Å²) < 4.78 is 3.79. The zero-order valence-corrected chi connectivity index (χ0v) is 10.8. The van der Waals surface area contributed by atoms with Gasteiger partial charge in [-0.1, -0.05) is 34.3 Å². The maximum atomic E-state index is 6.05. The van der Waals surface area contributed by atoms with Gasteiger partial charge in [-0.2, -0.15) is 11.8 Å². The lowest BCUT2D eigenvalue weighted by atomic mass is 10.2. The topological polar surface area (TPSA) is 51.8 Å². The van der Waals surface area contributed by atoms with Crippen LogP contribution in [0.1, 0.15) is 11.3 Å². The Morgan fingerprint density at radius 2 is 2.12 bits per heavy atom. The molecule has 1 aromatic heterocycles. The van der Waals surface area contributed by atoms with Gasteiger partial charge in [0, 0.05) is 28.1 Å². The molecule has 2 N–H and O–H groups in total. The molecule has 6 heteroatoms. The van der Waals surface area contributed by atoms with Crippen molar-refractivity contribution in [2.75, 3.05) is 5.73 Å². The molecule has 3 nitrogen and oxygen atoms in total. The zero-order chi connectivity index (χ0) is 11.4. The first-order valence-electron chi connectivity index (χ1n) is 4.65. The number of hydrogen-bond acceptors (Lipinski definition) is 5. The largest absolute Gasteiger partial charge is 0.388 e. The normalized spacial score (nSPS) is 10.6. The van der Waals surface area contributed by atoms with E-state index in [-0.39, 0.29) is 0 Å². The minimum absolute atomic E-state index is 0.701. The van der Waals surface area contributed by atoms with E-state index in [9.17, 15) is 0 Å². The molecule has 0 aliphatic carbocycles. The van der Waals surface area contributed by atoms with E-state index < -0.39 is 0 Å². The van der Waals surface area contributed by atoms with Gasteiger partial charge in [0.15, 0.2) is 0 Å². The molecular formula is C10H10ClN3S2. The van der Waals surface area contributed by atoms with Crippen LogP contribution in [0.5, 0.6) is 0 Å². The second kappa shape index (κ2) is 5.52. The molecule has 84 valence electrons. The monoisotopic (exact) mass is 271 g/mol. The van der Waals surface area contributed by atoms with E-state index in [1.54, 1.807) is 11.8 Å². The number of aromatic nitrogens is 2. The molecule has 16 heavy (non-hydrogen) atoms. The molecule has 0 bridgehead atoms. The number of halogens is 1. The van der Waals surface area contributed by atoms with Crippen molar-refractivity contribution >= 4 is 39.9 Å². The minimum Gasteiger partial charge on any atom is -0.388 e. The van der Waals surface area contributed by atoms with Gasteiger partial charge in [-0.25, -0.2) is 0 Å². The maximum absolute atomic E-state index is 6.05. The minimum atomic E-state index is 0.701. The molecule has 0 unspecified atom stereocenters. The van der Waals surface area contributed by atoms with Gasteiger partial charge in [0.25, 0.3) is 0 Å². The fourth-order valence-corrected chi connectivity index (χ4v) is 2.99. The highest BCUT2D eigenvalue weighted by atomic mass is 35.5. The lowest BCUT2D eigenvalue weighted by molar-refractivity contribution is 1.08. The fourth-order valence-electron chi connectivity index (χ4n) is 1.19. The summed E-state index contributed by atoms with van der Waals surface area (Å²) in [5, 5.41) is 5.46. The number of nitrogen functional groups attached to an aromatic ring is 1. The predicted octanol–water partition coefficient (Wildman–Crippen LogP) is 3.21. The van der Waals surface area contributed by atoms with Crippen LogP contribution >= 0.6 is 34.9 Å². The number of anilines is 1. The van der Waals surface area contributed by atoms with Crippen molar-refractivity contribution in [2.45, 2.75) is 11.5 Å². The van der Waals surface area contributed by atoms with Crippen LogP contribution in [0.2, 0.25) is 5.02 Å². The smallest absolute Gasteiger partial charge is 0.131 e. The highest BCUT2D eigenvalue weighted by Gasteiger charge is 2.05. The summed E-state index contributed by atoms with van der Waals surface area (Å²) in [6.07, 6.45) is 0. The Kier molecular flexibility index (Phi) is 4.04. The van der Waals surface area contributed by atoms with Crippen LogP contribution in [0.3, 0.4) is 0 Å². The fraction of sp³-hybridized carbons (Fsp3) is 0.200. The third-order valence-corrected chi connectivity index (χ3v) is 4.00. The number of benzene rings is 1. The van der Waals surface area contributed by atoms with Gasteiger partial charge in [-0.05, 0) is 11.6 Å². The SMILES string of the molecule is Nc1snnc1CSCc1ccccc1Cl. The van der Waals surface area contributed by atoms with E-state index in [4.69, 9.17) is 17.3 Å². The summed E-state index contributed by atoms with van der Waals surface area (Å²) in [5.41, 5.74) is 7.70. The van der Waals surface area contributed by atoms with Crippen LogP contribution in [-0.2, 0) is 11.5 Å². The summed E-state index contributed by atoms with van der Waals surface area (Å²) >= 11 is 9.02. The van der Waals surface area contributed by atoms with Gasteiger partial charge in [0.05, 0.1) is 0 Å². The van der Waals surface area contributed by atoms with E-state index in [0.717, 1.165) is 27.8 Å². The molecule has 0 aliphatic heterocycles. The molecule has 0 saturated heterocycles. The Morgan fingerprint density at radius 3 is 2.81 bits per heavy atom. The molecule has 0 saturated carbocycles. The molecule has 0 spiro atoms. The number of hydrogen-bond donors (Lipinski definition) is 1. The second-order valence-electron chi connectivity index (χ2n) is 3.17. The van der Waals surface area contributed by atoms with Gasteiger partial charge < -0.3 is 5.73 Å². The van der Waals surface area contributed by atoms with Gasteiger partial charge in [0.2, 0.25) is 0 Å². The van der Waals surface area contributed by atoms with Crippen molar-refractivity contribution in [1.29, 1.82) is 0 Å². The average molecular weight is 272 g/mol. The van der Waals surface area contributed by atoms with E-state index in [1.165, 1.54) is 11.5 Å². The van der Waals surface area contributed by atoms with Gasteiger partial charge in [0.1, 0.15) is 10.7 Å². The average Bonchev–Trinajstić information content (AvgIpc) is 2.67. The van der Waals surface area contributed by atoms with E-state index in [2.05, 4.69) is 9.59 Å². The third-order valence-electron chi connectivity index (χ3n) is 2.04. The molecule has 0 radical (unpaired) electrons. The Bertz CT molecular complexity index is 473. The first-order chi connectivity index (χ1) is 7.77. The summed E-state index contributed by atoms with van der Waals surface area (Å²) in [5.74, 6) is 1.63. The van der Waals surface area contributed by atoms with Crippen LogP contribution < -0.4 is 5.73 Å². The van der Waals surface area contributed by atoms with E-state index in [1.807, 2.05) is 24.3 Å². The number of nitrogens with zero attached hydrogens (tertiary/aromatic N) is 2. The molecule has 0 aliphatic rings. The molecule has 2 aromatic rings. The quantitative estimate of drug-likeness (QED) is 0.928. The van der Waals surface area contributed by atoms with Crippen LogP contribution in [0.25, 0.3) is 0 Å². The molecule has 0 fully saturated rings. The highest BCUT2D eigenvalue weighted by Crippen LogP contribution is 2.25. The molecule has 0 atom stereocenters. The van der Waals surface area contributed by atoms with Crippen molar-refractivity contribution in [3.05, 3.63) is 40.5 Å². The Hall–Kier alpha value is -0.780. The molecule has 1 heterocycles. The van der Waals surface area contributed by atoms with Gasteiger partial charge in [-0.3, -0.25) is 0 Å². The van der Waals surface area contributed by atoms with E-state index in [0.29, 0.717) is 5.00 Å². The summed E-state index contributed by atoms with van der Waals surface area (Å²) in [6.45, 7) is 0. The first kappa shape index (κ1) is 11.7. The second-order valence-corrected chi connectivity index (χ2v) is 5.35. The van der Waals surface area contributed by atoms with Crippen LogP contribution in [0, 0.1) is 0 Å². The Labute approximate surface area is 107 Å². The third kappa shape index (κ3) is 2.87. The Morgan fingerprint density at radius 1 is 1.31 bits per heavy atom. The zero-order valence-electron chi connectivity index (χ0n) is 8.39. The maximum Gasteiger partial charge on any atom is 0.131 e. The van der Waals surface area contributed by atoms with Crippen molar-refractivity contribution in [1.82, 2.24) is 9.59 Å². The van der Waals surface area contributed by atoms with E-state index >= 15 is 0 Å². The van der Waals surface area contributed by atoms with Crippen molar-refractivity contribution in [3.8, 4) is 0 Å². The molecule has 2 rings (SSSR count). The van der Waals surface area contributed by atoms with Gasteiger partial charge in [-0.15, -0.1) is 5.10 Å². The molecule has 0 amide bonds. The Balaban J connectivity index is 1.89. The number of rotatable bonds is 4. The lowest BCUT2D eigenvalue weighted by Gasteiger charge is -2.02. The highest BCUT2D eigenvalue weighted by molar-refractivity contribution is 7.97. The molecular weight excluding hydrogens is 262 g/mol. The summed E-state index contributed by atoms with van der Waals surface area (Å²) in [7, 11) is 0. The van der Waals surface area contributed by atoms with Crippen molar-refractivity contribution in [2.24, 2.45) is 0 Å². The van der Waals surface area contributed by atoms with Crippen molar-refractivity contribution < 1.29 is 0 Å². The number of nitrogens with two attached hydrogens (primary N) is 1. The van der Waals surface area contributed by atoms with Crippen LogP contribution in [0.15, 0.2) is 24.3 Å². The summed E-state index contributed by atoms with van der Waals surface area (Å²) in [6, 6.07) is 7.84. The first-order valence-corrected chi connectivity index (χ1v) is 6.96. The molecule has 1 aromatic carbocycles.